The van der Waals surface area contributed by atoms with Gasteiger partial charge in [-0.15, -0.1) is 0 Å². The summed E-state index contributed by atoms with van der Waals surface area (Å²) in [5.41, 5.74) is 2.05. The molecule has 2 aromatic rings. The van der Waals surface area contributed by atoms with Gasteiger partial charge in [0.25, 0.3) is 0 Å². The van der Waals surface area contributed by atoms with Gasteiger partial charge >= 0.3 is 0 Å². The summed E-state index contributed by atoms with van der Waals surface area (Å²) < 4.78 is 50.9. The Labute approximate surface area is 136 Å². The lowest BCUT2D eigenvalue weighted by Crippen LogP contribution is -2.35. The Balaban J connectivity index is 1.83. The first-order chi connectivity index (χ1) is 10.8. The Hall–Kier alpha value is -1.42. The van der Waals surface area contributed by atoms with Crippen LogP contribution < -0.4 is 9.44 Å². The maximum Gasteiger partial charge on any atom is 0.212 e. The smallest absolute Gasteiger partial charge is 0.212 e. The van der Waals surface area contributed by atoms with Crippen LogP contribution in [0.2, 0.25) is 0 Å². The van der Waals surface area contributed by atoms with Crippen LogP contribution in [-0.4, -0.2) is 46.4 Å². The fraction of sp³-hybridized carbons (Fsp3) is 0.429. The number of H-pyrrole nitrogens is 1. The van der Waals surface area contributed by atoms with Gasteiger partial charge in [-0.1, -0.05) is 18.2 Å². The van der Waals surface area contributed by atoms with Crippen molar-refractivity contribution in [1.29, 1.82) is 0 Å². The second-order valence-electron chi connectivity index (χ2n) is 5.12. The fourth-order valence-corrected chi connectivity index (χ4v) is 3.86. The van der Waals surface area contributed by atoms with E-state index in [2.05, 4.69) is 14.4 Å². The highest BCUT2D eigenvalue weighted by Crippen LogP contribution is 2.17. The number of sulfonamides is 2. The maximum atomic E-state index is 11.8. The first kappa shape index (κ1) is 17.9. The van der Waals surface area contributed by atoms with Gasteiger partial charge in [-0.25, -0.2) is 26.3 Å². The molecule has 0 bridgehead atoms. The van der Waals surface area contributed by atoms with Crippen LogP contribution in [-0.2, 0) is 26.5 Å². The molecule has 23 heavy (non-hydrogen) atoms. The van der Waals surface area contributed by atoms with E-state index in [0.717, 1.165) is 16.5 Å². The summed E-state index contributed by atoms with van der Waals surface area (Å²) in [5, 5.41) is 1.07. The van der Waals surface area contributed by atoms with Gasteiger partial charge in [0.1, 0.15) is 0 Å². The molecule has 0 amide bonds. The second-order valence-corrected chi connectivity index (χ2v) is 9.14. The molecule has 0 aliphatic rings. The van der Waals surface area contributed by atoms with Gasteiger partial charge in [-0.2, -0.15) is 0 Å². The molecular weight excluding hydrogens is 338 g/mol. The van der Waals surface area contributed by atoms with E-state index < -0.39 is 20.0 Å². The van der Waals surface area contributed by atoms with Crippen LogP contribution in [0.5, 0.6) is 0 Å². The lowest BCUT2D eigenvalue weighted by atomic mass is 10.1. The molecule has 0 aliphatic carbocycles. The standard InChI is InChI=1S/C14H21N3O4S2/c1-2-22(18,19)17-9-10-23(20,21)16-8-7-12-11-15-14-6-4-3-5-13(12)14/h3-6,11,15-17H,2,7-10H2,1H3. The third-order valence-electron chi connectivity index (χ3n) is 3.46. The van der Waals surface area contributed by atoms with E-state index in [4.69, 9.17) is 0 Å². The molecule has 9 heteroatoms. The van der Waals surface area contributed by atoms with Crippen molar-refractivity contribution >= 4 is 30.9 Å². The van der Waals surface area contributed by atoms with Crippen molar-refractivity contribution in [3.8, 4) is 0 Å². The highest BCUT2D eigenvalue weighted by atomic mass is 32.2. The molecule has 2 rings (SSSR count). The number of benzene rings is 1. The Bertz CT molecular complexity index is 857. The van der Waals surface area contributed by atoms with E-state index in [1.165, 1.54) is 6.92 Å². The first-order valence-corrected chi connectivity index (χ1v) is 10.6. The SMILES string of the molecule is CCS(=O)(=O)NCCS(=O)(=O)NCCc1c[nH]c2ccccc12. The van der Waals surface area contributed by atoms with Crippen LogP contribution in [0.4, 0.5) is 0 Å². The summed E-state index contributed by atoms with van der Waals surface area (Å²) in [6.07, 6.45) is 2.43. The van der Waals surface area contributed by atoms with Crippen LogP contribution in [0, 0.1) is 0 Å². The lowest BCUT2D eigenvalue weighted by molar-refractivity contribution is 0.576. The van der Waals surface area contributed by atoms with Crippen molar-refractivity contribution < 1.29 is 16.8 Å². The predicted octanol–water partition coefficient (Wildman–Crippen LogP) is 0.569. The van der Waals surface area contributed by atoms with Crippen molar-refractivity contribution in [2.24, 2.45) is 0 Å². The monoisotopic (exact) mass is 359 g/mol. The minimum Gasteiger partial charge on any atom is -0.361 e. The highest BCUT2D eigenvalue weighted by Gasteiger charge is 2.13. The molecule has 0 atom stereocenters. The van der Waals surface area contributed by atoms with Gasteiger partial charge in [0.2, 0.25) is 20.0 Å². The summed E-state index contributed by atoms with van der Waals surface area (Å²) in [5.74, 6) is -0.346. The van der Waals surface area contributed by atoms with Crippen LogP contribution in [0.15, 0.2) is 30.5 Å². The zero-order valence-electron chi connectivity index (χ0n) is 12.9. The molecule has 0 unspecified atom stereocenters. The quantitative estimate of drug-likeness (QED) is 0.608. The van der Waals surface area contributed by atoms with Crippen LogP contribution >= 0.6 is 0 Å². The topological polar surface area (TPSA) is 108 Å². The summed E-state index contributed by atoms with van der Waals surface area (Å²) in [4.78, 5) is 3.14. The molecule has 0 aliphatic heterocycles. The number of nitrogens with one attached hydrogen (secondary N) is 3. The maximum absolute atomic E-state index is 11.8. The van der Waals surface area contributed by atoms with E-state index >= 15 is 0 Å². The second kappa shape index (κ2) is 7.43. The predicted molar refractivity (Wildman–Crippen MR) is 91.3 cm³/mol. The molecule has 3 N–H and O–H groups in total. The minimum absolute atomic E-state index is 0.0684. The number of hydrogen-bond donors (Lipinski definition) is 3. The molecule has 1 aromatic carbocycles. The van der Waals surface area contributed by atoms with Crippen molar-refractivity contribution in [3.63, 3.8) is 0 Å². The Morgan fingerprint density at radius 1 is 1.00 bits per heavy atom. The van der Waals surface area contributed by atoms with Gasteiger partial charge in [-0.05, 0) is 25.0 Å². The number of para-hydroxylation sites is 1. The molecule has 0 saturated heterocycles. The van der Waals surface area contributed by atoms with Gasteiger partial charge < -0.3 is 4.98 Å². The summed E-state index contributed by atoms with van der Waals surface area (Å²) in [6, 6.07) is 7.81. The van der Waals surface area contributed by atoms with E-state index in [1.54, 1.807) is 0 Å². The zero-order chi connectivity index (χ0) is 16.9. The first-order valence-electron chi connectivity index (χ1n) is 7.32. The van der Waals surface area contributed by atoms with Gasteiger partial charge in [0, 0.05) is 30.2 Å². The third-order valence-corrected chi connectivity index (χ3v) is 6.25. The van der Waals surface area contributed by atoms with Crippen molar-refractivity contribution in [2.45, 2.75) is 13.3 Å². The average molecular weight is 359 g/mol. The van der Waals surface area contributed by atoms with Crippen LogP contribution in [0.1, 0.15) is 12.5 Å². The van der Waals surface area contributed by atoms with E-state index in [0.29, 0.717) is 6.42 Å². The van der Waals surface area contributed by atoms with Crippen LogP contribution in [0.25, 0.3) is 10.9 Å². The number of aromatic amines is 1. The zero-order valence-corrected chi connectivity index (χ0v) is 14.5. The number of fused-ring (bicyclic) bond motifs is 1. The molecule has 1 heterocycles. The summed E-state index contributed by atoms with van der Waals surface area (Å²) >= 11 is 0. The molecular formula is C14H21N3O4S2. The number of hydrogen-bond acceptors (Lipinski definition) is 4. The third kappa shape index (κ3) is 5.31. The van der Waals surface area contributed by atoms with Crippen LogP contribution in [0.3, 0.4) is 0 Å². The lowest BCUT2D eigenvalue weighted by Gasteiger charge is -2.07. The Morgan fingerprint density at radius 2 is 1.70 bits per heavy atom. The molecule has 0 radical (unpaired) electrons. The van der Waals surface area contributed by atoms with Crippen molar-refractivity contribution in [3.05, 3.63) is 36.0 Å². The minimum atomic E-state index is -3.51. The molecule has 1 aromatic heterocycles. The number of rotatable bonds is 9. The van der Waals surface area contributed by atoms with E-state index in [-0.39, 0.29) is 24.6 Å². The average Bonchev–Trinajstić information content (AvgIpc) is 2.90. The van der Waals surface area contributed by atoms with Gasteiger partial charge in [-0.3, -0.25) is 0 Å². The van der Waals surface area contributed by atoms with E-state index in [9.17, 15) is 16.8 Å². The number of aromatic nitrogens is 1. The Morgan fingerprint density at radius 3 is 2.43 bits per heavy atom. The molecule has 0 spiro atoms. The normalized spacial score (nSPS) is 12.7. The molecule has 0 saturated carbocycles. The van der Waals surface area contributed by atoms with E-state index in [1.807, 2.05) is 30.5 Å². The van der Waals surface area contributed by atoms with Gasteiger partial charge in [0.15, 0.2) is 0 Å². The van der Waals surface area contributed by atoms with Gasteiger partial charge in [0.05, 0.1) is 11.5 Å². The Kier molecular flexibility index (Phi) is 5.79. The largest absolute Gasteiger partial charge is 0.361 e. The fourth-order valence-electron chi connectivity index (χ4n) is 2.19. The summed E-state index contributed by atoms with van der Waals surface area (Å²) in [6.45, 7) is 1.64. The highest BCUT2D eigenvalue weighted by molar-refractivity contribution is 7.90. The molecule has 0 fully saturated rings. The summed E-state index contributed by atoms with van der Waals surface area (Å²) in [7, 11) is -6.87. The molecule has 128 valence electrons. The van der Waals surface area contributed by atoms with Crippen molar-refractivity contribution in [1.82, 2.24) is 14.4 Å². The van der Waals surface area contributed by atoms with Crippen molar-refractivity contribution in [2.75, 3.05) is 24.6 Å². The molecule has 7 nitrogen and oxygen atoms in total.